The number of carbonyl (C=O) groups is 2. The lowest BCUT2D eigenvalue weighted by Gasteiger charge is -2.34. The van der Waals surface area contributed by atoms with E-state index in [1.54, 1.807) is 12.1 Å². The van der Waals surface area contributed by atoms with Gasteiger partial charge in [0.25, 0.3) is 0 Å². The molecule has 0 aromatic heterocycles. The van der Waals surface area contributed by atoms with Gasteiger partial charge in [0.15, 0.2) is 0 Å². The minimum atomic E-state index is -0.593. The fourth-order valence-corrected chi connectivity index (χ4v) is 2.98. The summed E-state index contributed by atoms with van der Waals surface area (Å²) in [4.78, 5) is 26.2. The lowest BCUT2D eigenvalue weighted by atomic mass is 9.96. The van der Waals surface area contributed by atoms with Crippen molar-refractivity contribution in [3.63, 3.8) is 0 Å². The summed E-state index contributed by atoms with van der Waals surface area (Å²) in [7, 11) is 0. The molecule has 2 amide bonds. The van der Waals surface area contributed by atoms with Gasteiger partial charge in [-0.15, -0.1) is 0 Å². The van der Waals surface area contributed by atoms with Gasteiger partial charge in [-0.2, -0.15) is 0 Å². The van der Waals surface area contributed by atoms with Crippen LogP contribution in [0, 0.1) is 5.92 Å². The Bertz CT molecular complexity index is 552. The highest BCUT2D eigenvalue weighted by molar-refractivity contribution is 6.35. The Hall–Kier alpha value is -1.59. The molecule has 1 heterocycles. The molecular formula is C18H26ClN3O2. The number of amides is 2. The second-order valence-corrected chi connectivity index (χ2v) is 7.03. The molecule has 1 fully saturated rings. The van der Waals surface area contributed by atoms with Gasteiger partial charge in [0.1, 0.15) is 0 Å². The Morgan fingerprint density at radius 2 is 1.71 bits per heavy atom. The molecule has 5 nitrogen and oxygen atoms in total. The second-order valence-electron chi connectivity index (χ2n) is 6.59. The molecule has 0 saturated carbocycles. The molecule has 0 bridgehead atoms. The quantitative estimate of drug-likeness (QED) is 0.799. The van der Waals surface area contributed by atoms with E-state index in [1.807, 2.05) is 12.1 Å². The maximum atomic E-state index is 11.9. The maximum absolute atomic E-state index is 11.9. The Morgan fingerprint density at radius 1 is 1.12 bits per heavy atom. The average molecular weight is 352 g/mol. The molecule has 0 atom stereocenters. The first-order chi connectivity index (χ1) is 11.5. The van der Waals surface area contributed by atoms with Crippen LogP contribution >= 0.6 is 11.6 Å². The molecule has 0 radical (unpaired) electrons. The summed E-state index contributed by atoms with van der Waals surface area (Å²) in [6.07, 6.45) is 2.12. The normalized spacial score (nSPS) is 16.2. The van der Waals surface area contributed by atoms with Gasteiger partial charge in [-0.05, 0) is 63.4 Å². The van der Waals surface area contributed by atoms with Crippen LogP contribution in [0.25, 0.3) is 0 Å². The number of rotatable bonds is 5. The third kappa shape index (κ3) is 5.80. The summed E-state index contributed by atoms with van der Waals surface area (Å²) in [5.74, 6) is -0.701. The molecule has 24 heavy (non-hydrogen) atoms. The summed E-state index contributed by atoms with van der Waals surface area (Å²) in [6, 6.07) is 7.73. The lowest BCUT2D eigenvalue weighted by molar-refractivity contribution is -0.139. The van der Waals surface area contributed by atoms with E-state index in [2.05, 4.69) is 29.4 Å². The number of hydrogen-bond donors (Lipinski definition) is 2. The molecule has 1 aromatic rings. The molecular weight excluding hydrogens is 326 g/mol. The van der Waals surface area contributed by atoms with Crippen molar-refractivity contribution in [3.8, 4) is 0 Å². The van der Waals surface area contributed by atoms with Crippen LogP contribution in [-0.4, -0.2) is 42.4 Å². The van der Waals surface area contributed by atoms with Gasteiger partial charge in [0.05, 0.1) is 0 Å². The molecule has 2 rings (SSSR count). The third-order valence-electron chi connectivity index (χ3n) is 4.50. The van der Waals surface area contributed by atoms with Crippen LogP contribution in [0.1, 0.15) is 32.3 Å². The molecule has 6 heteroatoms. The molecule has 2 N–H and O–H groups in total. The summed E-state index contributed by atoms with van der Waals surface area (Å²) < 4.78 is 0. The van der Waals surface area contributed by atoms with Crippen molar-refractivity contribution in [3.05, 3.63) is 34.9 Å². The van der Waals surface area contributed by atoms with Crippen molar-refractivity contribution >= 4 is 23.4 Å². The predicted octanol–water partition coefficient (Wildman–Crippen LogP) is 2.19. The average Bonchev–Trinajstić information content (AvgIpc) is 2.59. The Balaban J connectivity index is 1.67. The van der Waals surface area contributed by atoms with Gasteiger partial charge in [-0.1, -0.05) is 23.7 Å². The van der Waals surface area contributed by atoms with E-state index in [9.17, 15) is 9.59 Å². The molecule has 0 aliphatic carbocycles. The number of nitrogens with zero attached hydrogens (tertiary/aromatic N) is 1. The van der Waals surface area contributed by atoms with Crippen LogP contribution < -0.4 is 10.6 Å². The number of carbonyl (C=O) groups excluding carboxylic acids is 2. The Morgan fingerprint density at radius 3 is 2.29 bits per heavy atom. The zero-order valence-corrected chi connectivity index (χ0v) is 15.1. The van der Waals surface area contributed by atoms with Crippen LogP contribution in [0.2, 0.25) is 5.02 Å². The molecule has 1 saturated heterocycles. The van der Waals surface area contributed by atoms with E-state index in [0.717, 1.165) is 31.5 Å². The van der Waals surface area contributed by atoms with Crippen LogP contribution in [0.15, 0.2) is 24.3 Å². The summed E-state index contributed by atoms with van der Waals surface area (Å²) in [6.45, 7) is 7.40. The van der Waals surface area contributed by atoms with E-state index in [-0.39, 0.29) is 0 Å². The highest BCUT2D eigenvalue weighted by Crippen LogP contribution is 2.18. The van der Waals surface area contributed by atoms with E-state index in [1.165, 1.54) is 0 Å². The minimum absolute atomic E-state index is 0.316. The van der Waals surface area contributed by atoms with E-state index in [4.69, 9.17) is 11.6 Å². The largest absolute Gasteiger partial charge is 0.348 e. The number of piperidine rings is 1. The molecule has 132 valence electrons. The van der Waals surface area contributed by atoms with Crippen LogP contribution in [0.3, 0.4) is 0 Å². The maximum Gasteiger partial charge on any atom is 0.309 e. The first-order valence-electron chi connectivity index (χ1n) is 8.50. The van der Waals surface area contributed by atoms with Gasteiger partial charge in [-0.25, -0.2) is 0 Å². The highest BCUT2D eigenvalue weighted by Gasteiger charge is 2.22. The van der Waals surface area contributed by atoms with Gasteiger partial charge in [0.2, 0.25) is 0 Å². The second kappa shape index (κ2) is 9.04. The van der Waals surface area contributed by atoms with Crippen molar-refractivity contribution in [2.45, 2.75) is 39.3 Å². The zero-order valence-electron chi connectivity index (χ0n) is 14.3. The van der Waals surface area contributed by atoms with Crippen molar-refractivity contribution in [2.24, 2.45) is 5.92 Å². The van der Waals surface area contributed by atoms with Gasteiger partial charge >= 0.3 is 11.8 Å². The van der Waals surface area contributed by atoms with Crippen LogP contribution in [0.4, 0.5) is 0 Å². The smallest absolute Gasteiger partial charge is 0.309 e. The number of nitrogens with one attached hydrogen (secondary N) is 2. The predicted molar refractivity (Wildman–Crippen MR) is 95.7 cm³/mol. The van der Waals surface area contributed by atoms with E-state index >= 15 is 0 Å². The molecule has 0 unspecified atom stereocenters. The fourth-order valence-electron chi connectivity index (χ4n) is 2.86. The van der Waals surface area contributed by atoms with Gasteiger partial charge in [0, 0.05) is 24.2 Å². The first-order valence-corrected chi connectivity index (χ1v) is 8.88. The molecule has 0 spiro atoms. The van der Waals surface area contributed by atoms with E-state index in [0.29, 0.717) is 30.1 Å². The number of halogens is 1. The molecule has 1 aliphatic heterocycles. The third-order valence-corrected chi connectivity index (χ3v) is 4.76. The summed E-state index contributed by atoms with van der Waals surface area (Å²) in [5.41, 5.74) is 0.904. The topological polar surface area (TPSA) is 61.4 Å². The lowest BCUT2D eigenvalue weighted by Crippen LogP contribution is -2.44. The highest BCUT2D eigenvalue weighted by atomic mass is 35.5. The Labute approximate surface area is 148 Å². The zero-order chi connectivity index (χ0) is 17.5. The summed E-state index contributed by atoms with van der Waals surface area (Å²) >= 11 is 5.81. The summed E-state index contributed by atoms with van der Waals surface area (Å²) in [5, 5.41) is 6.02. The van der Waals surface area contributed by atoms with Crippen LogP contribution in [-0.2, 0) is 16.1 Å². The standard InChI is InChI=1S/C18H26ClN3O2/c1-13(2)22-9-7-15(8-10-22)12-21-18(24)17(23)20-11-14-3-5-16(19)6-4-14/h3-6,13,15H,7-12H2,1-2H3,(H,20,23)(H,21,24). The number of benzene rings is 1. The fraction of sp³-hybridized carbons (Fsp3) is 0.556. The monoisotopic (exact) mass is 351 g/mol. The van der Waals surface area contributed by atoms with Gasteiger partial charge < -0.3 is 15.5 Å². The van der Waals surface area contributed by atoms with Crippen molar-refractivity contribution in [1.29, 1.82) is 0 Å². The van der Waals surface area contributed by atoms with Gasteiger partial charge in [-0.3, -0.25) is 9.59 Å². The Kier molecular flexibility index (Phi) is 7.06. The van der Waals surface area contributed by atoms with Crippen molar-refractivity contribution in [1.82, 2.24) is 15.5 Å². The van der Waals surface area contributed by atoms with Crippen LogP contribution in [0.5, 0.6) is 0 Å². The number of hydrogen-bond acceptors (Lipinski definition) is 3. The first kappa shape index (κ1) is 18.7. The minimum Gasteiger partial charge on any atom is -0.348 e. The molecule has 1 aromatic carbocycles. The molecule has 1 aliphatic rings. The number of likely N-dealkylation sites (tertiary alicyclic amines) is 1. The van der Waals surface area contributed by atoms with E-state index < -0.39 is 11.8 Å². The SMILES string of the molecule is CC(C)N1CCC(CNC(=O)C(=O)NCc2ccc(Cl)cc2)CC1. The van der Waals surface area contributed by atoms with Crippen molar-refractivity contribution < 1.29 is 9.59 Å². The van der Waals surface area contributed by atoms with Crippen molar-refractivity contribution in [2.75, 3.05) is 19.6 Å².